The highest BCUT2D eigenvalue weighted by Crippen LogP contribution is 2.21. The van der Waals surface area contributed by atoms with Gasteiger partial charge in [0.1, 0.15) is 5.82 Å². The first-order valence-corrected chi connectivity index (χ1v) is 3.83. The van der Waals surface area contributed by atoms with Gasteiger partial charge in [-0.25, -0.2) is 4.85 Å². The van der Waals surface area contributed by atoms with Crippen molar-refractivity contribution in [2.45, 2.75) is 19.9 Å². The summed E-state index contributed by atoms with van der Waals surface area (Å²) in [6, 6.07) is 3.82. The first kappa shape index (κ1) is 8.54. The SMILES string of the molecule is [C-]#[N+]c1cccnc1NC(C)C. The van der Waals surface area contributed by atoms with Crippen LogP contribution in [0.5, 0.6) is 0 Å². The Hall–Kier alpha value is -1.56. The lowest BCUT2D eigenvalue weighted by molar-refractivity contribution is 0.890. The quantitative estimate of drug-likeness (QED) is 0.675. The van der Waals surface area contributed by atoms with Crippen LogP contribution in [-0.2, 0) is 0 Å². The van der Waals surface area contributed by atoms with Crippen LogP contribution in [0, 0.1) is 6.57 Å². The summed E-state index contributed by atoms with van der Waals surface area (Å²) in [5, 5.41) is 3.10. The van der Waals surface area contributed by atoms with Gasteiger partial charge in [-0.2, -0.15) is 0 Å². The van der Waals surface area contributed by atoms with Crippen molar-refractivity contribution in [2.24, 2.45) is 0 Å². The zero-order chi connectivity index (χ0) is 8.97. The van der Waals surface area contributed by atoms with Crippen molar-refractivity contribution in [2.75, 3.05) is 5.32 Å². The summed E-state index contributed by atoms with van der Waals surface area (Å²) in [7, 11) is 0. The van der Waals surface area contributed by atoms with Crippen LogP contribution in [0.25, 0.3) is 4.85 Å². The summed E-state index contributed by atoms with van der Waals surface area (Å²) in [5.74, 6) is 0.669. The van der Waals surface area contributed by atoms with Crippen LogP contribution in [0.4, 0.5) is 11.5 Å². The molecular formula is C9H11N3. The second-order valence-corrected chi connectivity index (χ2v) is 2.78. The predicted molar refractivity (Wildman–Crippen MR) is 49.3 cm³/mol. The number of hydrogen-bond donors (Lipinski definition) is 1. The van der Waals surface area contributed by atoms with Crippen molar-refractivity contribution in [1.82, 2.24) is 4.98 Å². The maximum absolute atomic E-state index is 6.87. The molecule has 0 saturated carbocycles. The molecule has 0 bridgehead atoms. The van der Waals surface area contributed by atoms with Crippen LogP contribution in [-0.4, -0.2) is 11.0 Å². The van der Waals surface area contributed by atoms with E-state index >= 15 is 0 Å². The maximum atomic E-state index is 6.87. The summed E-state index contributed by atoms with van der Waals surface area (Å²) in [4.78, 5) is 7.41. The van der Waals surface area contributed by atoms with Crippen LogP contribution in [0.15, 0.2) is 18.3 Å². The number of anilines is 1. The lowest BCUT2D eigenvalue weighted by Crippen LogP contribution is -2.10. The van der Waals surface area contributed by atoms with Crippen molar-refractivity contribution in [1.29, 1.82) is 0 Å². The molecular weight excluding hydrogens is 150 g/mol. The van der Waals surface area contributed by atoms with Crippen LogP contribution < -0.4 is 5.32 Å². The number of pyridine rings is 1. The van der Waals surface area contributed by atoms with Gasteiger partial charge in [0.2, 0.25) is 5.69 Å². The van der Waals surface area contributed by atoms with E-state index in [1.54, 1.807) is 18.3 Å². The normalized spacial score (nSPS) is 9.50. The zero-order valence-corrected chi connectivity index (χ0v) is 7.20. The van der Waals surface area contributed by atoms with Gasteiger partial charge in [-0.15, -0.1) is 0 Å². The number of rotatable bonds is 2. The Kier molecular flexibility index (Phi) is 2.65. The minimum Gasteiger partial charge on any atom is -0.377 e. The van der Waals surface area contributed by atoms with Gasteiger partial charge in [-0.05, 0) is 13.8 Å². The fourth-order valence-electron chi connectivity index (χ4n) is 0.872. The summed E-state index contributed by atoms with van der Waals surface area (Å²) in [5.41, 5.74) is 0.575. The summed E-state index contributed by atoms with van der Waals surface area (Å²) < 4.78 is 0. The van der Waals surface area contributed by atoms with E-state index in [4.69, 9.17) is 6.57 Å². The molecule has 0 amide bonds. The predicted octanol–water partition coefficient (Wildman–Crippen LogP) is 2.45. The van der Waals surface area contributed by atoms with Gasteiger partial charge in [-0.1, -0.05) is 12.1 Å². The molecule has 62 valence electrons. The van der Waals surface area contributed by atoms with E-state index in [0.717, 1.165) is 0 Å². The fourth-order valence-corrected chi connectivity index (χ4v) is 0.872. The van der Waals surface area contributed by atoms with Gasteiger partial charge < -0.3 is 5.32 Å². The Balaban J connectivity index is 2.91. The molecule has 0 aliphatic carbocycles. The van der Waals surface area contributed by atoms with Gasteiger partial charge in [0.15, 0.2) is 0 Å². The second-order valence-electron chi connectivity index (χ2n) is 2.78. The molecule has 1 N–H and O–H groups in total. The van der Waals surface area contributed by atoms with Crippen molar-refractivity contribution in [3.05, 3.63) is 29.7 Å². The summed E-state index contributed by atoms with van der Waals surface area (Å²) in [6.45, 7) is 10.9. The highest BCUT2D eigenvalue weighted by molar-refractivity contribution is 5.64. The molecule has 0 unspecified atom stereocenters. The number of hydrogen-bond acceptors (Lipinski definition) is 2. The molecule has 12 heavy (non-hydrogen) atoms. The Morgan fingerprint density at radius 3 is 2.92 bits per heavy atom. The largest absolute Gasteiger partial charge is 0.377 e. The minimum absolute atomic E-state index is 0.306. The van der Waals surface area contributed by atoms with Gasteiger partial charge in [0.05, 0.1) is 6.57 Å². The molecule has 0 fully saturated rings. The average Bonchev–Trinajstić information content (AvgIpc) is 2.04. The van der Waals surface area contributed by atoms with Crippen molar-refractivity contribution in [3.8, 4) is 0 Å². The molecule has 0 spiro atoms. The topological polar surface area (TPSA) is 29.3 Å². The Labute approximate surface area is 72.3 Å². The van der Waals surface area contributed by atoms with E-state index < -0.39 is 0 Å². The van der Waals surface area contributed by atoms with Crippen LogP contribution in [0.1, 0.15) is 13.8 Å². The van der Waals surface area contributed by atoms with Gasteiger partial charge >= 0.3 is 0 Å². The Morgan fingerprint density at radius 1 is 1.58 bits per heavy atom. The average molecular weight is 161 g/mol. The fraction of sp³-hybridized carbons (Fsp3) is 0.333. The first-order chi connectivity index (χ1) is 5.74. The molecule has 0 aliphatic heterocycles. The first-order valence-electron chi connectivity index (χ1n) is 3.83. The Bertz CT molecular complexity index is 299. The molecule has 0 saturated heterocycles. The van der Waals surface area contributed by atoms with Crippen LogP contribution in [0.3, 0.4) is 0 Å². The molecule has 1 heterocycles. The molecule has 0 aromatic carbocycles. The molecule has 0 aliphatic rings. The molecule has 3 nitrogen and oxygen atoms in total. The molecule has 0 atom stereocenters. The van der Waals surface area contributed by atoms with E-state index in [1.807, 2.05) is 13.8 Å². The smallest absolute Gasteiger partial charge is 0.228 e. The number of aromatic nitrogens is 1. The number of nitrogens with one attached hydrogen (secondary N) is 1. The van der Waals surface area contributed by atoms with E-state index in [2.05, 4.69) is 15.1 Å². The minimum atomic E-state index is 0.306. The molecule has 3 heteroatoms. The third kappa shape index (κ3) is 1.96. The second kappa shape index (κ2) is 3.72. The van der Waals surface area contributed by atoms with Gasteiger partial charge in [0.25, 0.3) is 0 Å². The van der Waals surface area contributed by atoms with E-state index in [-0.39, 0.29) is 0 Å². The summed E-state index contributed by atoms with van der Waals surface area (Å²) in [6.07, 6.45) is 1.68. The third-order valence-corrected chi connectivity index (χ3v) is 1.33. The van der Waals surface area contributed by atoms with Gasteiger partial charge in [0, 0.05) is 12.2 Å². The number of nitrogens with zero attached hydrogens (tertiary/aromatic N) is 2. The highest BCUT2D eigenvalue weighted by atomic mass is 15.0. The molecule has 1 aromatic rings. The molecule has 1 aromatic heterocycles. The lowest BCUT2D eigenvalue weighted by atomic mass is 10.3. The lowest BCUT2D eigenvalue weighted by Gasteiger charge is -2.09. The van der Waals surface area contributed by atoms with Crippen molar-refractivity contribution < 1.29 is 0 Å². The van der Waals surface area contributed by atoms with Crippen molar-refractivity contribution >= 4 is 11.5 Å². The standard InChI is InChI=1S/C9H11N3/c1-7(2)12-9-8(10-3)5-4-6-11-9/h4-7H,1-2H3,(H,11,12). The molecule has 1 rings (SSSR count). The van der Waals surface area contributed by atoms with E-state index in [9.17, 15) is 0 Å². The Morgan fingerprint density at radius 2 is 2.33 bits per heavy atom. The van der Waals surface area contributed by atoms with E-state index in [0.29, 0.717) is 17.5 Å². The maximum Gasteiger partial charge on any atom is 0.228 e. The van der Waals surface area contributed by atoms with Crippen LogP contribution >= 0.6 is 0 Å². The highest BCUT2D eigenvalue weighted by Gasteiger charge is 2.02. The van der Waals surface area contributed by atoms with Crippen LogP contribution in [0.2, 0.25) is 0 Å². The third-order valence-electron chi connectivity index (χ3n) is 1.33. The summed E-state index contributed by atoms with van der Waals surface area (Å²) >= 11 is 0. The van der Waals surface area contributed by atoms with Crippen molar-refractivity contribution in [3.63, 3.8) is 0 Å². The van der Waals surface area contributed by atoms with Gasteiger partial charge in [-0.3, -0.25) is 4.98 Å². The monoisotopic (exact) mass is 161 g/mol. The zero-order valence-electron chi connectivity index (χ0n) is 7.20. The molecule has 0 radical (unpaired) electrons. The van der Waals surface area contributed by atoms with E-state index in [1.165, 1.54) is 0 Å².